The normalized spacial score (nSPS) is 13.1. The van der Waals surface area contributed by atoms with E-state index in [1.165, 1.54) is 0 Å². The third-order valence-electron chi connectivity index (χ3n) is 2.03. The molecule has 0 aromatic rings. The van der Waals surface area contributed by atoms with Crippen LogP contribution in [0.2, 0.25) is 0 Å². The van der Waals surface area contributed by atoms with Crippen molar-refractivity contribution < 1.29 is 13.5 Å². The number of sulfonamides is 1. The van der Waals surface area contributed by atoms with E-state index >= 15 is 0 Å². The maximum Gasteiger partial charge on any atom is 0.211 e. The fourth-order valence-electron chi connectivity index (χ4n) is 0.977. The van der Waals surface area contributed by atoms with Crippen molar-refractivity contribution in [2.45, 2.75) is 40.0 Å². The maximum atomic E-state index is 11.5. The zero-order chi connectivity index (χ0) is 11.9. The van der Waals surface area contributed by atoms with Gasteiger partial charge in [-0.1, -0.05) is 20.8 Å². The zero-order valence-corrected chi connectivity index (χ0v) is 10.7. The molecule has 0 saturated carbocycles. The van der Waals surface area contributed by atoms with Gasteiger partial charge in [-0.3, -0.25) is 0 Å². The van der Waals surface area contributed by atoms with Crippen LogP contribution in [0.1, 0.15) is 40.0 Å². The lowest BCUT2D eigenvalue weighted by Gasteiger charge is -2.17. The van der Waals surface area contributed by atoms with E-state index < -0.39 is 10.0 Å². The SMILES string of the molecule is CC(C)(C)CCS(=O)(=O)NCCCCO. The van der Waals surface area contributed by atoms with Crippen molar-refractivity contribution in [1.82, 2.24) is 4.72 Å². The second-order valence-corrected chi connectivity index (χ2v) is 6.88. The van der Waals surface area contributed by atoms with Crippen molar-refractivity contribution in [3.8, 4) is 0 Å². The maximum absolute atomic E-state index is 11.5. The Labute approximate surface area is 93.1 Å². The number of nitrogens with one attached hydrogen (secondary N) is 1. The molecule has 92 valence electrons. The van der Waals surface area contributed by atoms with Crippen LogP contribution in [0.15, 0.2) is 0 Å². The topological polar surface area (TPSA) is 66.4 Å². The first-order valence-electron chi connectivity index (χ1n) is 5.35. The lowest BCUT2D eigenvalue weighted by atomic mass is 9.94. The van der Waals surface area contributed by atoms with Crippen LogP contribution in [-0.2, 0) is 10.0 Å². The quantitative estimate of drug-likeness (QED) is 0.652. The summed E-state index contributed by atoms with van der Waals surface area (Å²) in [7, 11) is -3.13. The molecule has 0 fully saturated rings. The van der Waals surface area contributed by atoms with Crippen LogP contribution in [0.5, 0.6) is 0 Å². The monoisotopic (exact) mass is 237 g/mol. The van der Waals surface area contributed by atoms with E-state index in [0.29, 0.717) is 25.8 Å². The van der Waals surface area contributed by atoms with Crippen molar-refractivity contribution in [1.29, 1.82) is 0 Å². The standard InChI is InChI=1S/C10H23NO3S/c1-10(2,3)6-9-15(13,14)11-7-4-5-8-12/h11-12H,4-9H2,1-3H3. The third-order valence-corrected chi connectivity index (χ3v) is 3.41. The number of hydrogen-bond donors (Lipinski definition) is 2. The fraction of sp³-hybridized carbons (Fsp3) is 1.00. The number of hydrogen-bond acceptors (Lipinski definition) is 3. The van der Waals surface area contributed by atoms with E-state index in [2.05, 4.69) is 4.72 Å². The van der Waals surface area contributed by atoms with E-state index in [-0.39, 0.29) is 17.8 Å². The van der Waals surface area contributed by atoms with Gasteiger partial charge >= 0.3 is 0 Å². The zero-order valence-electron chi connectivity index (χ0n) is 9.91. The van der Waals surface area contributed by atoms with E-state index in [9.17, 15) is 8.42 Å². The highest BCUT2D eigenvalue weighted by molar-refractivity contribution is 7.89. The number of unbranched alkanes of at least 4 members (excludes halogenated alkanes) is 1. The van der Waals surface area contributed by atoms with Crippen LogP contribution in [-0.4, -0.2) is 32.4 Å². The second-order valence-electron chi connectivity index (χ2n) is 4.95. The highest BCUT2D eigenvalue weighted by Gasteiger charge is 2.16. The minimum Gasteiger partial charge on any atom is -0.396 e. The van der Waals surface area contributed by atoms with Gasteiger partial charge in [-0.15, -0.1) is 0 Å². The number of rotatable bonds is 7. The molecule has 0 bridgehead atoms. The van der Waals surface area contributed by atoms with Crippen molar-refractivity contribution >= 4 is 10.0 Å². The largest absolute Gasteiger partial charge is 0.396 e. The summed E-state index contributed by atoms with van der Waals surface area (Å²) < 4.78 is 25.5. The molecule has 4 nitrogen and oxygen atoms in total. The van der Waals surface area contributed by atoms with Crippen molar-refractivity contribution in [3.05, 3.63) is 0 Å². The molecule has 0 unspecified atom stereocenters. The fourth-order valence-corrected chi connectivity index (χ4v) is 2.46. The van der Waals surface area contributed by atoms with Crippen molar-refractivity contribution in [2.75, 3.05) is 18.9 Å². The van der Waals surface area contributed by atoms with Gasteiger partial charge in [-0.05, 0) is 24.7 Å². The molecule has 0 aliphatic heterocycles. The van der Waals surface area contributed by atoms with Gasteiger partial charge in [-0.2, -0.15) is 0 Å². The average Bonchev–Trinajstić information content (AvgIpc) is 2.09. The summed E-state index contributed by atoms with van der Waals surface area (Å²) in [6.07, 6.45) is 1.98. The Kier molecular flexibility index (Phi) is 6.40. The molecule has 0 amide bonds. The van der Waals surface area contributed by atoms with E-state index in [1.807, 2.05) is 20.8 Å². The lowest BCUT2D eigenvalue weighted by Crippen LogP contribution is -2.29. The number of aliphatic hydroxyl groups is 1. The first kappa shape index (κ1) is 14.9. The molecule has 0 atom stereocenters. The Balaban J connectivity index is 3.78. The lowest BCUT2D eigenvalue weighted by molar-refractivity contribution is 0.285. The van der Waals surface area contributed by atoms with Crippen LogP contribution >= 0.6 is 0 Å². The summed E-state index contributed by atoms with van der Waals surface area (Å²) in [5, 5.41) is 8.53. The minimum absolute atomic E-state index is 0.0415. The summed E-state index contributed by atoms with van der Waals surface area (Å²) in [5.41, 5.74) is 0.0415. The first-order valence-corrected chi connectivity index (χ1v) is 7.00. The van der Waals surface area contributed by atoms with Crippen LogP contribution in [0, 0.1) is 5.41 Å². The highest BCUT2D eigenvalue weighted by Crippen LogP contribution is 2.18. The molecular weight excluding hydrogens is 214 g/mol. The van der Waals surface area contributed by atoms with Gasteiger partial charge in [0.1, 0.15) is 0 Å². The average molecular weight is 237 g/mol. The Hall–Kier alpha value is -0.130. The Morgan fingerprint density at radius 2 is 1.80 bits per heavy atom. The predicted octanol–water partition coefficient (Wildman–Crippen LogP) is 1.11. The van der Waals surface area contributed by atoms with Gasteiger partial charge < -0.3 is 5.11 Å². The van der Waals surface area contributed by atoms with Gasteiger partial charge in [0.05, 0.1) is 5.75 Å². The molecule has 0 aromatic heterocycles. The Morgan fingerprint density at radius 1 is 1.20 bits per heavy atom. The molecule has 0 spiro atoms. The van der Waals surface area contributed by atoms with Crippen LogP contribution in [0.25, 0.3) is 0 Å². The predicted molar refractivity (Wildman–Crippen MR) is 62.2 cm³/mol. The second kappa shape index (κ2) is 6.45. The number of aliphatic hydroxyl groups excluding tert-OH is 1. The van der Waals surface area contributed by atoms with Crippen molar-refractivity contribution in [3.63, 3.8) is 0 Å². The first-order chi connectivity index (χ1) is 6.77. The van der Waals surface area contributed by atoms with E-state index in [1.54, 1.807) is 0 Å². The third kappa shape index (κ3) is 10.2. The molecule has 5 heteroatoms. The van der Waals surface area contributed by atoms with Crippen LogP contribution in [0.3, 0.4) is 0 Å². The van der Waals surface area contributed by atoms with Gasteiger partial charge in [-0.25, -0.2) is 13.1 Å². The molecule has 0 aliphatic carbocycles. The van der Waals surface area contributed by atoms with Crippen LogP contribution in [0.4, 0.5) is 0 Å². The summed E-state index contributed by atoms with van der Waals surface area (Å²) >= 11 is 0. The molecule has 0 radical (unpaired) electrons. The van der Waals surface area contributed by atoms with Gasteiger partial charge in [0.15, 0.2) is 0 Å². The smallest absolute Gasteiger partial charge is 0.211 e. The Morgan fingerprint density at radius 3 is 2.27 bits per heavy atom. The molecule has 2 N–H and O–H groups in total. The summed E-state index contributed by atoms with van der Waals surface area (Å²) in [5.74, 6) is 0.176. The van der Waals surface area contributed by atoms with Gasteiger partial charge in [0.25, 0.3) is 0 Å². The molecule has 0 rings (SSSR count). The van der Waals surface area contributed by atoms with E-state index in [0.717, 1.165) is 0 Å². The van der Waals surface area contributed by atoms with E-state index in [4.69, 9.17) is 5.11 Å². The summed E-state index contributed by atoms with van der Waals surface area (Å²) in [6, 6.07) is 0. The Bertz CT molecular complexity index is 254. The minimum atomic E-state index is -3.13. The summed E-state index contributed by atoms with van der Waals surface area (Å²) in [6.45, 7) is 6.60. The van der Waals surface area contributed by atoms with Gasteiger partial charge in [0, 0.05) is 13.2 Å². The molecule has 0 heterocycles. The molecular formula is C10H23NO3S. The molecule has 0 aliphatic rings. The van der Waals surface area contributed by atoms with Crippen molar-refractivity contribution in [2.24, 2.45) is 5.41 Å². The molecule has 0 aromatic carbocycles. The van der Waals surface area contributed by atoms with Gasteiger partial charge in [0.2, 0.25) is 10.0 Å². The highest BCUT2D eigenvalue weighted by atomic mass is 32.2. The molecule has 15 heavy (non-hydrogen) atoms. The summed E-state index contributed by atoms with van der Waals surface area (Å²) in [4.78, 5) is 0. The van der Waals surface area contributed by atoms with Crippen LogP contribution < -0.4 is 4.72 Å². The molecule has 0 saturated heterocycles.